The van der Waals surface area contributed by atoms with Crippen molar-refractivity contribution in [3.05, 3.63) is 0 Å². The molecule has 0 aromatic rings. The number of esters is 2. The van der Waals surface area contributed by atoms with E-state index >= 15 is 0 Å². The molecule has 21 heavy (non-hydrogen) atoms. The van der Waals surface area contributed by atoms with E-state index in [1.54, 1.807) is 0 Å². The SMILES string of the molecule is CCCCOC(=O)CCCC(OCC)C(=O)OCCCC. The number of carbonyl (C=O) groups is 2. The van der Waals surface area contributed by atoms with Gasteiger partial charge in [0.1, 0.15) is 0 Å². The van der Waals surface area contributed by atoms with Gasteiger partial charge in [-0.25, -0.2) is 4.79 Å². The molecule has 5 nitrogen and oxygen atoms in total. The maximum absolute atomic E-state index is 11.8. The molecular formula is C16H30O5. The minimum absolute atomic E-state index is 0.210. The molecule has 0 spiro atoms. The Morgan fingerprint density at radius 2 is 1.52 bits per heavy atom. The highest BCUT2D eigenvalue weighted by atomic mass is 16.6. The fourth-order valence-corrected chi connectivity index (χ4v) is 1.71. The summed E-state index contributed by atoms with van der Waals surface area (Å²) in [4.78, 5) is 23.3. The summed E-state index contributed by atoms with van der Waals surface area (Å²) in [7, 11) is 0. The van der Waals surface area contributed by atoms with Crippen LogP contribution in [0.2, 0.25) is 0 Å². The highest BCUT2D eigenvalue weighted by Gasteiger charge is 2.20. The van der Waals surface area contributed by atoms with Gasteiger partial charge in [-0.05, 0) is 32.6 Å². The Morgan fingerprint density at radius 3 is 2.10 bits per heavy atom. The van der Waals surface area contributed by atoms with Crippen molar-refractivity contribution in [1.29, 1.82) is 0 Å². The number of unbranched alkanes of at least 4 members (excludes halogenated alkanes) is 2. The first-order valence-electron chi connectivity index (χ1n) is 8.09. The number of hydrogen-bond acceptors (Lipinski definition) is 5. The molecular weight excluding hydrogens is 272 g/mol. The normalized spacial score (nSPS) is 12.0. The molecule has 0 aromatic heterocycles. The maximum atomic E-state index is 11.8. The average Bonchev–Trinajstić information content (AvgIpc) is 2.46. The van der Waals surface area contributed by atoms with E-state index in [2.05, 4.69) is 0 Å². The summed E-state index contributed by atoms with van der Waals surface area (Å²) in [5.74, 6) is -0.539. The summed E-state index contributed by atoms with van der Waals surface area (Å²) in [6, 6.07) is 0. The van der Waals surface area contributed by atoms with Crippen molar-refractivity contribution in [1.82, 2.24) is 0 Å². The number of rotatable bonds is 13. The molecule has 124 valence electrons. The largest absolute Gasteiger partial charge is 0.466 e. The van der Waals surface area contributed by atoms with E-state index in [4.69, 9.17) is 14.2 Å². The topological polar surface area (TPSA) is 61.8 Å². The van der Waals surface area contributed by atoms with Gasteiger partial charge in [0, 0.05) is 13.0 Å². The molecule has 0 N–H and O–H groups in total. The molecule has 0 aliphatic heterocycles. The van der Waals surface area contributed by atoms with Gasteiger partial charge in [-0.3, -0.25) is 4.79 Å². The quantitative estimate of drug-likeness (QED) is 0.386. The Hall–Kier alpha value is -1.10. The molecule has 1 atom stereocenters. The second kappa shape index (κ2) is 13.9. The van der Waals surface area contributed by atoms with E-state index in [1.807, 2.05) is 20.8 Å². The average molecular weight is 302 g/mol. The smallest absolute Gasteiger partial charge is 0.335 e. The second-order valence-electron chi connectivity index (χ2n) is 4.93. The van der Waals surface area contributed by atoms with Crippen LogP contribution in [0.4, 0.5) is 0 Å². The summed E-state index contributed by atoms with van der Waals surface area (Å²) in [5, 5.41) is 0. The van der Waals surface area contributed by atoms with Crippen molar-refractivity contribution >= 4 is 11.9 Å². The monoisotopic (exact) mass is 302 g/mol. The third kappa shape index (κ3) is 11.3. The first-order valence-corrected chi connectivity index (χ1v) is 8.09. The van der Waals surface area contributed by atoms with Crippen LogP contribution in [0.3, 0.4) is 0 Å². The molecule has 0 heterocycles. The molecule has 0 bridgehead atoms. The number of carbonyl (C=O) groups excluding carboxylic acids is 2. The van der Waals surface area contributed by atoms with Crippen LogP contribution in [0, 0.1) is 0 Å². The molecule has 0 aliphatic rings. The van der Waals surface area contributed by atoms with Gasteiger partial charge in [0.25, 0.3) is 0 Å². The van der Waals surface area contributed by atoms with Crippen molar-refractivity contribution in [2.45, 2.75) is 71.8 Å². The molecule has 0 aromatic carbocycles. The Bertz CT molecular complexity index is 278. The third-order valence-corrected chi connectivity index (χ3v) is 2.98. The van der Waals surface area contributed by atoms with E-state index < -0.39 is 6.10 Å². The molecule has 0 radical (unpaired) electrons. The third-order valence-electron chi connectivity index (χ3n) is 2.98. The standard InChI is InChI=1S/C16H30O5/c1-4-7-12-20-15(17)11-9-10-14(19-6-3)16(18)21-13-8-5-2/h14H,4-13H2,1-3H3. The summed E-state index contributed by atoms with van der Waals surface area (Å²) in [6.45, 7) is 7.28. The van der Waals surface area contributed by atoms with Crippen molar-refractivity contribution in [3.63, 3.8) is 0 Å². The zero-order valence-corrected chi connectivity index (χ0v) is 13.7. The van der Waals surface area contributed by atoms with Gasteiger partial charge in [0.05, 0.1) is 13.2 Å². The van der Waals surface area contributed by atoms with Crippen LogP contribution in [0.1, 0.15) is 65.7 Å². The van der Waals surface area contributed by atoms with Crippen molar-refractivity contribution in [2.24, 2.45) is 0 Å². The second-order valence-corrected chi connectivity index (χ2v) is 4.93. The Labute approximate surface area is 128 Å². The molecule has 1 unspecified atom stereocenters. The van der Waals surface area contributed by atoms with Gasteiger partial charge >= 0.3 is 11.9 Å². The van der Waals surface area contributed by atoms with Crippen molar-refractivity contribution in [3.8, 4) is 0 Å². The van der Waals surface area contributed by atoms with E-state index in [0.717, 1.165) is 25.7 Å². The zero-order chi connectivity index (χ0) is 15.9. The maximum Gasteiger partial charge on any atom is 0.335 e. The summed E-state index contributed by atoms with van der Waals surface area (Å²) in [5.41, 5.74) is 0. The van der Waals surface area contributed by atoms with Gasteiger partial charge in [-0.15, -0.1) is 0 Å². The molecule has 0 saturated carbocycles. The fourth-order valence-electron chi connectivity index (χ4n) is 1.71. The van der Waals surface area contributed by atoms with Crippen LogP contribution < -0.4 is 0 Å². The van der Waals surface area contributed by atoms with Crippen LogP contribution in [0.25, 0.3) is 0 Å². The molecule has 0 amide bonds. The van der Waals surface area contributed by atoms with Crippen LogP contribution >= 0.6 is 0 Å². The summed E-state index contributed by atoms with van der Waals surface area (Å²) in [6.07, 6.45) is 4.52. The lowest BCUT2D eigenvalue weighted by Crippen LogP contribution is -2.27. The Balaban J connectivity index is 3.91. The number of hydrogen-bond donors (Lipinski definition) is 0. The minimum Gasteiger partial charge on any atom is -0.466 e. The summed E-state index contributed by atoms with van der Waals surface area (Å²) < 4.78 is 15.6. The van der Waals surface area contributed by atoms with Crippen LogP contribution in [0.5, 0.6) is 0 Å². The van der Waals surface area contributed by atoms with Gasteiger partial charge in [-0.2, -0.15) is 0 Å². The summed E-state index contributed by atoms with van der Waals surface area (Å²) >= 11 is 0. The van der Waals surface area contributed by atoms with E-state index in [-0.39, 0.29) is 11.9 Å². The first kappa shape index (κ1) is 19.9. The first-order chi connectivity index (χ1) is 10.2. The van der Waals surface area contributed by atoms with E-state index in [0.29, 0.717) is 39.1 Å². The molecule has 5 heteroatoms. The van der Waals surface area contributed by atoms with E-state index in [1.165, 1.54) is 0 Å². The minimum atomic E-state index is -0.574. The molecule has 0 fully saturated rings. The molecule has 0 saturated heterocycles. The van der Waals surface area contributed by atoms with Gasteiger partial charge in [0.2, 0.25) is 0 Å². The predicted molar refractivity (Wildman–Crippen MR) is 81.0 cm³/mol. The lowest BCUT2D eigenvalue weighted by atomic mass is 10.1. The Kier molecular flexibility index (Phi) is 13.1. The van der Waals surface area contributed by atoms with Crippen LogP contribution in [-0.2, 0) is 23.8 Å². The van der Waals surface area contributed by atoms with Gasteiger partial charge < -0.3 is 14.2 Å². The lowest BCUT2D eigenvalue weighted by Gasteiger charge is -2.15. The molecule has 0 aliphatic carbocycles. The zero-order valence-electron chi connectivity index (χ0n) is 13.7. The van der Waals surface area contributed by atoms with Crippen molar-refractivity contribution < 1.29 is 23.8 Å². The lowest BCUT2D eigenvalue weighted by molar-refractivity contribution is -0.158. The number of ether oxygens (including phenoxy) is 3. The van der Waals surface area contributed by atoms with Gasteiger partial charge in [0.15, 0.2) is 6.10 Å². The van der Waals surface area contributed by atoms with Gasteiger partial charge in [-0.1, -0.05) is 26.7 Å². The highest BCUT2D eigenvalue weighted by Crippen LogP contribution is 2.09. The van der Waals surface area contributed by atoms with Crippen molar-refractivity contribution in [2.75, 3.05) is 19.8 Å². The van der Waals surface area contributed by atoms with E-state index in [9.17, 15) is 9.59 Å². The predicted octanol–water partition coefficient (Wildman–Crippen LogP) is 3.25. The molecule has 0 rings (SSSR count). The van der Waals surface area contributed by atoms with Crippen LogP contribution in [-0.4, -0.2) is 37.9 Å². The Morgan fingerprint density at radius 1 is 0.905 bits per heavy atom. The highest BCUT2D eigenvalue weighted by molar-refractivity contribution is 5.75. The fraction of sp³-hybridized carbons (Fsp3) is 0.875. The van der Waals surface area contributed by atoms with Crippen LogP contribution in [0.15, 0.2) is 0 Å².